The van der Waals surface area contributed by atoms with Crippen LogP contribution in [0.5, 0.6) is 5.75 Å². The van der Waals surface area contributed by atoms with Crippen LogP contribution in [-0.4, -0.2) is 35.9 Å². The zero-order valence-electron chi connectivity index (χ0n) is 17.4. The molecule has 162 valence electrons. The van der Waals surface area contributed by atoms with Gasteiger partial charge in [-0.05, 0) is 48.7 Å². The topological polar surface area (TPSA) is 58.6 Å². The molecule has 2 rings (SSSR count). The molecule has 0 saturated carbocycles. The lowest BCUT2D eigenvalue weighted by Gasteiger charge is -2.30. The first kappa shape index (κ1) is 24.0. The van der Waals surface area contributed by atoms with Gasteiger partial charge in [-0.15, -0.1) is 0 Å². The Bertz CT molecular complexity index is 827. The summed E-state index contributed by atoms with van der Waals surface area (Å²) in [5, 5.41) is 4.08. The Balaban J connectivity index is 2.16. The van der Waals surface area contributed by atoms with E-state index in [4.69, 9.17) is 27.9 Å². The van der Waals surface area contributed by atoms with Gasteiger partial charge < -0.3 is 15.0 Å². The number of nitrogens with one attached hydrogen (secondary N) is 1. The number of benzene rings is 2. The summed E-state index contributed by atoms with van der Waals surface area (Å²) in [5.41, 5.74) is 0.885. The molecule has 0 aromatic heterocycles. The monoisotopic (exact) mass is 450 g/mol. The first-order valence-corrected chi connectivity index (χ1v) is 10.9. The Hall–Kier alpha value is -2.24. The number of carbonyl (C=O) groups is 2. The fourth-order valence-electron chi connectivity index (χ4n) is 3.00. The van der Waals surface area contributed by atoms with E-state index >= 15 is 0 Å². The van der Waals surface area contributed by atoms with Crippen LogP contribution in [0.4, 0.5) is 0 Å². The summed E-state index contributed by atoms with van der Waals surface area (Å²) >= 11 is 12.0. The number of hydrogen-bond donors (Lipinski definition) is 1. The maximum atomic E-state index is 13.1. The number of ether oxygens (including phenoxy) is 1. The molecular formula is C23H28Cl2N2O3. The van der Waals surface area contributed by atoms with E-state index in [2.05, 4.69) is 12.2 Å². The summed E-state index contributed by atoms with van der Waals surface area (Å²) < 4.78 is 5.63. The molecule has 0 heterocycles. The zero-order valence-corrected chi connectivity index (χ0v) is 18.9. The van der Waals surface area contributed by atoms with Gasteiger partial charge in [-0.2, -0.15) is 0 Å². The van der Waals surface area contributed by atoms with Gasteiger partial charge in [-0.3, -0.25) is 9.59 Å². The van der Waals surface area contributed by atoms with E-state index in [0.717, 1.165) is 18.4 Å². The third kappa shape index (κ3) is 7.54. The molecular weight excluding hydrogens is 423 g/mol. The standard InChI is InChI=1S/C23H28Cl2N2O3/c1-3-5-13-26-23(29)21(4-2)27(15-17-9-11-18(24)12-10-17)22(28)16-30-20-8-6-7-19(25)14-20/h6-12,14,21H,3-5,13,15-16H2,1-2H3,(H,26,29)/t21-/m1/s1. The molecule has 0 unspecified atom stereocenters. The van der Waals surface area contributed by atoms with E-state index in [-0.39, 0.29) is 25.0 Å². The van der Waals surface area contributed by atoms with Crippen molar-refractivity contribution in [2.75, 3.05) is 13.2 Å². The highest BCUT2D eigenvalue weighted by molar-refractivity contribution is 6.30. The number of halogens is 2. The van der Waals surface area contributed by atoms with E-state index in [9.17, 15) is 9.59 Å². The highest BCUT2D eigenvalue weighted by Gasteiger charge is 2.28. The van der Waals surface area contributed by atoms with E-state index in [0.29, 0.717) is 28.8 Å². The van der Waals surface area contributed by atoms with Crippen molar-refractivity contribution in [2.45, 2.75) is 45.7 Å². The van der Waals surface area contributed by atoms with E-state index in [1.807, 2.05) is 19.1 Å². The van der Waals surface area contributed by atoms with Crippen LogP contribution in [0.15, 0.2) is 48.5 Å². The number of nitrogens with zero attached hydrogens (tertiary/aromatic N) is 1. The van der Waals surface area contributed by atoms with Crippen LogP contribution in [0.2, 0.25) is 10.0 Å². The lowest BCUT2D eigenvalue weighted by molar-refractivity contribution is -0.143. The van der Waals surface area contributed by atoms with Gasteiger partial charge in [0.1, 0.15) is 11.8 Å². The van der Waals surface area contributed by atoms with Crippen molar-refractivity contribution >= 4 is 35.0 Å². The van der Waals surface area contributed by atoms with Gasteiger partial charge in [0.25, 0.3) is 5.91 Å². The highest BCUT2D eigenvalue weighted by Crippen LogP contribution is 2.19. The van der Waals surface area contributed by atoms with Crippen molar-refractivity contribution < 1.29 is 14.3 Å². The summed E-state index contributed by atoms with van der Waals surface area (Å²) in [7, 11) is 0. The molecule has 0 aliphatic heterocycles. The largest absolute Gasteiger partial charge is 0.484 e. The van der Waals surface area contributed by atoms with Crippen LogP contribution in [0.3, 0.4) is 0 Å². The van der Waals surface area contributed by atoms with Crippen LogP contribution in [0, 0.1) is 0 Å². The van der Waals surface area contributed by atoms with Crippen LogP contribution < -0.4 is 10.1 Å². The molecule has 0 spiro atoms. The molecule has 0 aliphatic carbocycles. The second-order valence-corrected chi connectivity index (χ2v) is 7.84. The van der Waals surface area contributed by atoms with E-state index in [1.54, 1.807) is 41.3 Å². The van der Waals surface area contributed by atoms with Crippen LogP contribution in [0.1, 0.15) is 38.7 Å². The van der Waals surface area contributed by atoms with E-state index < -0.39 is 6.04 Å². The Morgan fingerprint density at radius 1 is 1.07 bits per heavy atom. The van der Waals surface area contributed by atoms with Crippen molar-refractivity contribution in [3.8, 4) is 5.75 Å². The van der Waals surface area contributed by atoms with Gasteiger partial charge >= 0.3 is 0 Å². The minimum Gasteiger partial charge on any atom is -0.484 e. The summed E-state index contributed by atoms with van der Waals surface area (Å²) in [4.78, 5) is 27.4. The molecule has 1 N–H and O–H groups in total. The van der Waals surface area contributed by atoms with Crippen LogP contribution >= 0.6 is 23.2 Å². The Kier molecular flexibility index (Phi) is 9.98. The van der Waals surface area contributed by atoms with Gasteiger partial charge in [-0.1, -0.05) is 61.7 Å². The van der Waals surface area contributed by atoms with Crippen molar-refractivity contribution in [2.24, 2.45) is 0 Å². The fraction of sp³-hybridized carbons (Fsp3) is 0.391. The van der Waals surface area contributed by atoms with Crippen molar-refractivity contribution in [1.82, 2.24) is 10.2 Å². The molecule has 1 atom stereocenters. The van der Waals surface area contributed by atoms with Gasteiger partial charge in [0.2, 0.25) is 5.91 Å². The maximum Gasteiger partial charge on any atom is 0.261 e. The molecule has 0 bridgehead atoms. The number of carbonyl (C=O) groups excluding carboxylic acids is 2. The third-order valence-electron chi connectivity index (χ3n) is 4.64. The van der Waals surface area contributed by atoms with Gasteiger partial charge in [0.05, 0.1) is 0 Å². The third-order valence-corrected chi connectivity index (χ3v) is 5.13. The Morgan fingerprint density at radius 3 is 2.43 bits per heavy atom. The number of unbranched alkanes of at least 4 members (excludes halogenated alkanes) is 1. The number of amides is 2. The number of hydrogen-bond acceptors (Lipinski definition) is 3. The summed E-state index contributed by atoms with van der Waals surface area (Å²) in [6.07, 6.45) is 2.37. The smallest absolute Gasteiger partial charge is 0.261 e. The summed E-state index contributed by atoms with van der Waals surface area (Å²) in [6.45, 7) is 4.64. The molecule has 30 heavy (non-hydrogen) atoms. The molecule has 0 saturated heterocycles. The molecule has 7 heteroatoms. The van der Waals surface area contributed by atoms with Gasteiger partial charge in [0.15, 0.2) is 6.61 Å². The normalized spacial score (nSPS) is 11.6. The maximum absolute atomic E-state index is 13.1. The fourth-order valence-corrected chi connectivity index (χ4v) is 3.30. The Morgan fingerprint density at radius 2 is 1.80 bits per heavy atom. The first-order chi connectivity index (χ1) is 14.4. The number of rotatable bonds is 11. The minimum atomic E-state index is -0.590. The SMILES string of the molecule is CCCCNC(=O)[C@@H](CC)N(Cc1ccc(Cl)cc1)C(=O)COc1cccc(Cl)c1. The minimum absolute atomic E-state index is 0.156. The first-order valence-electron chi connectivity index (χ1n) is 10.1. The molecule has 2 aromatic carbocycles. The molecule has 0 radical (unpaired) electrons. The van der Waals surface area contributed by atoms with Crippen molar-refractivity contribution in [3.05, 3.63) is 64.1 Å². The quantitative estimate of drug-likeness (QED) is 0.484. The Labute approximate surface area is 188 Å². The molecule has 2 amide bonds. The molecule has 0 fully saturated rings. The lowest BCUT2D eigenvalue weighted by atomic mass is 10.1. The second kappa shape index (κ2) is 12.5. The molecule has 2 aromatic rings. The van der Waals surface area contributed by atoms with E-state index in [1.165, 1.54) is 0 Å². The predicted molar refractivity (Wildman–Crippen MR) is 121 cm³/mol. The average Bonchev–Trinajstić information content (AvgIpc) is 2.73. The zero-order chi connectivity index (χ0) is 21.9. The average molecular weight is 451 g/mol. The van der Waals surface area contributed by atoms with Gasteiger partial charge in [0, 0.05) is 23.1 Å². The molecule has 0 aliphatic rings. The van der Waals surface area contributed by atoms with Crippen LogP contribution in [0.25, 0.3) is 0 Å². The van der Waals surface area contributed by atoms with Crippen LogP contribution in [-0.2, 0) is 16.1 Å². The second-order valence-electron chi connectivity index (χ2n) is 6.96. The lowest BCUT2D eigenvalue weighted by Crippen LogP contribution is -2.50. The van der Waals surface area contributed by atoms with Gasteiger partial charge in [-0.25, -0.2) is 0 Å². The van der Waals surface area contributed by atoms with Crippen molar-refractivity contribution in [1.29, 1.82) is 0 Å². The summed E-state index contributed by atoms with van der Waals surface area (Å²) in [5.74, 6) is 0.0705. The predicted octanol–water partition coefficient (Wildman–Crippen LogP) is 5.10. The van der Waals surface area contributed by atoms with Crippen molar-refractivity contribution in [3.63, 3.8) is 0 Å². The molecule has 5 nitrogen and oxygen atoms in total. The highest BCUT2D eigenvalue weighted by atomic mass is 35.5. The summed E-state index contributed by atoms with van der Waals surface area (Å²) in [6, 6.07) is 13.5.